The Kier molecular flexibility index (Phi) is 4.60. The third-order valence-corrected chi connectivity index (χ3v) is 2.27. The third kappa shape index (κ3) is 4.02. The molecule has 1 atom stereocenters. The summed E-state index contributed by atoms with van der Waals surface area (Å²) in [6.07, 6.45) is -7.43. The second-order valence-corrected chi connectivity index (χ2v) is 3.65. The largest absolute Gasteiger partial charge is 0.504 e. The van der Waals surface area contributed by atoms with Crippen molar-refractivity contribution in [1.29, 1.82) is 0 Å². The third-order valence-electron chi connectivity index (χ3n) is 2.27. The number of phenols is 1. The van der Waals surface area contributed by atoms with Gasteiger partial charge in [-0.3, -0.25) is 4.79 Å². The normalized spacial score (nSPS) is 12.9. The van der Waals surface area contributed by atoms with Crippen molar-refractivity contribution in [3.8, 4) is 11.5 Å². The fourth-order valence-corrected chi connectivity index (χ4v) is 1.24. The standard InChI is InChI=1S/C11H12F3NO4/c1-19-8-3-2-6(4-7(8)16)10(18)15-5-9(17)11(12,13)14/h2-4,9,16-17H,5H2,1H3,(H,15,18). The van der Waals surface area contributed by atoms with Crippen molar-refractivity contribution in [2.75, 3.05) is 13.7 Å². The number of hydrogen-bond donors (Lipinski definition) is 3. The summed E-state index contributed by atoms with van der Waals surface area (Å²) < 4.78 is 40.8. The molecule has 19 heavy (non-hydrogen) atoms. The zero-order valence-electron chi connectivity index (χ0n) is 9.86. The average Bonchev–Trinajstić information content (AvgIpc) is 2.34. The van der Waals surface area contributed by atoms with Gasteiger partial charge in [0.25, 0.3) is 5.91 Å². The number of halogens is 3. The van der Waals surface area contributed by atoms with Crippen LogP contribution in [0.4, 0.5) is 13.2 Å². The van der Waals surface area contributed by atoms with E-state index in [4.69, 9.17) is 9.84 Å². The SMILES string of the molecule is COc1ccc(C(=O)NCC(O)C(F)(F)F)cc1O. The highest BCUT2D eigenvalue weighted by Crippen LogP contribution is 2.26. The molecule has 0 heterocycles. The minimum Gasteiger partial charge on any atom is -0.504 e. The number of carbonyl (C=O) groups is 1. The monoisotopic (exact) mass is 279 g/mol. The smallest absolute Gasteiger partial charge is 0.416 e. The number of methoxy groups -OCH3 is 1. The Bertz CT molecular complexity index is 462. The molecule has 8 heteroatoms. The summed E-state index contributed by atoms with van der Waals surface area (Å²) in [5.41, 5.74) is -0.0484. The maximum Gasteiger partial charge on any atom is 0.416 e. The molecule has 0 saturated heterocycles. The van der Waals surface area contributed by atoms with E-state index in [0.29, 0.717) is 0 Å². The molecule has 0 bridgehead atoms. The van der Waals surface area contributed by atoms with Gasteiger partial charge in [0.05, 0.1) is 13.7 Å². The molecule has 0 spiro atoms. The highest BCUT2D eigenvalue weighted by Gasteiger charge is 2.38. The van der Waals surface area contributed by atoms with Crippen LogP contribution >= 0.6 is 0 Å². The quantitative estimate of drug-likeness (QED) is 0.770. The van der Waals surface area contributed by atoms with Gasteiger partial charge in [-0.05, 0) is 18.2 Å². The first-order valence-electron chi connectivity index (χ1n) is 5.15. The number of aliphatic hydroxyl groups excluding tert-OH is 1. The molecule has 5 nitrogen and oxygen atoms in total. The van der Waals surface area contributed by atoms with Gasteiger partial charge in [-0.25, -0.2) is 0 Å². The Morgan fingerprint density at radius 2 is 2.11 bits per heavy atom. The summed E-state index contributed by atoms with van der Waals surface area (Å²) >= 11 is 0. The Morgan fingerprint density at radius 3 is 2.58 bits per heavy atom. The lowest BCUT2D eigenvalue weighted by Crippen LogP contribution is -2.40. The summed E-state index contributed by atoms with van der Waals surface area (Å²) in [5.74, 6) is -1.03. The molecular formula is C11H12F3NO4. The van der Waals surface area contributed by atoms with Crippen LogP contribution < -0.4 is 10.1 Å². The van der Waals surface area contributed by atoms with E-state index in [-0.39, 0.29) is 17.1 Å². The predicted molar refractivity (Wildman–Crippen MR) is 59.1 cm³/mol. The minimum atomic E-state index is -4.80. The second-order valence-electron chi connectivity index (χ2n) is 3.65. The summed E-state index contributed by atoms with van der Waals surface area (Å²) in [6.45, 7) is -0.963. The molecule has 0 aliphatic carbocycles. The minimum absolute atomic E-state index is 0.0484. The van der Waals surface area contributed by atoms with E-state index in [1.807, 2.05) is 5.32 Å². The lowest BCUT2D eigenvalue weighted by Gasteiger charge is -2.15. The van der Waals surface area contributed by atoms with Crippen molar-refractivity contribution in [3.63, 3.8) is 0 Å². The van der Waals surface area contributed by atoms with E-state index >= 15 is 0 Å². The highest BCUT2D eigenvalue weighted by atomic mass is 19.4. The van der Waals surface area contributed by atoms with Crippen molar-refractivity contribution < 1.29 is 32.9 Å². The van der Waals surface area contributed by atoms with Crippen molar-refractivity contribution in [3.05, 3.63) is 23.8 Å². The lowest BCUT2D eigenvalue weighted by molar-refractivity contribution is -0.201. The summed E-state index contributed by atoms with van der Waals surface area (Å²) in [7, 11) is 1.31. The van der Waals surface area contributed by atoms with E-state index in [1.165, 1.54) is 19.2 Å². The Balaban J connectivity index is 2.67. The highest BCUT2D eigenvalue weighted by molar-refractivity contribution is 5.94. The molecule has 1 aromatic rings. The molecule has 0 radical (unpaired) electrons. The molecule has 0 saturated carbocycles. The number of hydrogen-bond acceptors (Lipinski definition) is 4. The van der Waals surface area contributed by atoms with E-state index in [2.05, 4.69) is 0 Å². The first-order chi connectivity index (χ1) is 8.75. The van der Waals surface area contributed by atoms with Gasteiger partial charge in [0.15, 0.2) is 17.6 Å². The number of benzene rings is 1. The van der Waals surface area contributed by atoms with Gasteiger partial charge in [0, 0.05) is 5.56 Å². The summed E-state index contributed by atoms with van der Waals surface area (Å²) in [5, 5.41) is 20.0. The molecule has 0 aliphatic heterocycles. The van der Waals surface area contributed by atoms with Crippen LogP contribution in [0, 0.1) is 0 Å². The summed E-state index contributed by atoms with van der Waals surface area (Å²) in [6, 6.07) is 3.62. The maximum absolute atomic E-state index is 12.0. The van der Waals surface area contributed by atoms with Crippen LogP contribution in [0.2, 0.25) is 0 Å². The molecular weight excluding hydrogens is 267 g/mol. The molecule has 1 unspecified atom stereocenters. The van der Waals surface area contributed by atoms with Crippen LogP contribution in [-0.4, -0.2) is 42.1 Å². The molecule has 1 amide bonds. The van der Waals surface area contributed by atoms with Crippen LogP contribution in [0.5, 0.6) is 11.5 Å². The van der Waals surface area contributed by atoms with E-state index < -0.39 is 24.7 Å². The Labute approximate surface area is 106 Å². The Hall–Kier alpha value is -1.96. The molecule has 106 valence electrons. The van der Waals surface area contributed by atoms with Crippen LogP contribution in [0.25, 0.3) is 0 Å². The van der Waals surface area contributed by atoms with Crippen LogP contribution in [0.3, 0.4) is 0 Å². The van der Waals surface area contributed by atoms with Crippen LogP contribution in [0.1, 0.15) is 10.4 Å². The van der Waals surface area contributed by atoms with Crippen LogP contribution in [-0.2, 0) is 0 Å². The van der Waals surface area contributed by atoms with Gasteiger partial charge in [0.2, 0.25) is 0 Å². The maximum atomic E-state index is 12.0. The number of amides is 1. The van der Waals surface area contributed by atoms with Gasteiger partial charge in [0.1, 0.15) is 0 Å². The van der Waals surface area contributed by atoms with Gasteiger partial charge in [-0.15, -0.1) is 0 Å². The number of aromatic hydroxyl groups is 1. The number of phenolic OH excluding ortho intramolecular Hbond substituents is 1. The summed E-state index contributed by atoms with van der Waals surface area (Å²) in [4.78, 5) is 11.5. The molecule has 1 rings (SSSR count). The number of carbonyl (C=O) groups excluding carboxylic acids is 1. The second kappa shape index (κ2) is 5.79. The van der Waals surface area contributed by atoms with Crippen molar-refractivity contribution in [1.82, 2.24) is 5.32 Å². The van der Waals surface area contributed by atoms with Gasteiger partial charge >= 0.3 is 6.18 Å². The van der Waals surface area contributed by atoms with E-state index in [1.54, 1.807) is 0 Å². The van der Waals surface area contributed by atoms with Crippen molar-refractivity contribution in [2.24, 2.45) is 0 Å². The number of aliphatic hydroxyl groups is 1. The zero-order chi connectivity index (χ0) is 14.6. The van der Waals surface area contributed by atoms with Crippen molar-refractivity contribution in [2.45, 2.75) is 12.3 Å². The topological polar surface area (TPSA) is 78.8 Å². The zero-order valence-corrected chi connectivity index (χ0v) is 9.86. The molecule has 1 aromatic carbocycles. The molecule has 0 aliphatic rings. The number of rotatable bonds is 4. The van der Waals surface area contributed by atoms with Gasteiger partial charge in [-0.1, -0.05) is 0 Å². The fourth-order valence-electron chi connectivity index (χ4n) is 1.24. The van der Waals surface area contributed by atoms with E-state index in [9.17, 15) is 23.1 Å². The number of nitrogens with one attached hydrogen (secondary N) is 1. The average molecular weight is 279 g/mol. The van der Waals surface area contributed by atoms with Crippen molar-refractivity contribution >= 4 is 5.91 Å². The number of alkyl halides is 3. The van der Waals surface area contributed by atoms with Gasteiger partial charge < -0.3 is 20.3 Å². The molecule has 0 aromatic heterocycles. The first kappa shape index (κ1) is 15.1. The lowest BCUT2D eigenvalue weighted by atomic mass is 10.2. The predicted octanol–water partition coefficient (Wildman–Crippen LogP) is 1.05. The Morgan fingerprint density at radius 1 is 1.47 bits per heavy atom. The fraction of sp³-hybridized carbons (Fsp3) is 0.364. The molecule has 0 fully saturated rings. The first-order valence-corrected chi connectivity index (χ1v) is 5.15. The van der Waals surface area contributed by atoms with Crippen LogP contribution in [0.15, 0.2) is 18.2 Å². The van der Waals surface area contributed by atoms with E-state index in [0.717, 1.165) is 6.07 Å². The molecule has 3 N–H and O–H groups in total. The number of ether oxygens (including phenoxy) is 1. The van der Waals surface area contributed by atoms with Gasteiger partial charge in [-0.2, -0.15) is 13.2 Å².